The second-order valence-electron chi connectivity index (χ2n) is 3.52. The summed E-state index contributed by atoms with van der Waals surface area (Å²) in [4.78, 5) is 8.25. The highest BCUT2D eigenvalue weighted by atomic mass is 79.9. The summed E-state index contributed by atoms with van der Waals surface area (Å²) < 4.78 is 6.00. The molecule has 0 saturated carbocycles. The summed E-state index contributed by atoms with van der Waals surface area (Å²) >= 11 is 3.27. The normalized spacial score (nSPS) is 10.1. The van der Waals surface area contributed by atoms with Crippen molar-refractivity contribution in [1.82, 2.24) is 9.97 Å². The number of nitrogens with zero attached hydrogens (tertiary/aromatic N) is 2. The average Bonchev–Trinajstić information content (AvgIpc) is 2.31. The number of rotatable bonds is 4. The third-order valence-electron chi connectivity index (χ3n) is 2.14. The number of aromatic nitrogens is 2. The summed E-state index contributed by atoms with van der Waals surface area (Å²) in [5.41, 5.74) is 6.51. The van der Waals surface area contributed by atoms with E-state index in [0.29, 0.717) is 23.0 Å². The first-order valence-corrected chi connectivity index (χ1v) is 6.26. The van der Waals surface area contributed by atoms with Gasteiger partial charge in [0.05, 0.1) is 6.61 Å². The van der Waals surface area contributed by atoms with Crippen molar-refractivity contribution < 1.29 is 4.74 Å². The van der Waals surface area contributed by atoms with E-state index in [9.17, 15) is 0 Å². The topological polar surface area (TPSA) is 73.1 Å². The molecular formula is C12H13BrN4O. The molecule has 6 heteroatoms. The summed E-state index contributed by atoms with van der Waals surface area (Å²) in [6.07, 6.45) is 0. The van der Waals surface area contributed by atoms with Crippen molar-refractivity contribution in [3.8, 4) is 5.75 Å². The van der Waals surface area contributed by atoms with Crippen molar-refractivity contribution in [2.24, 2.45) is 0 Å². The standard InChI is InChI=1S/C12H13BrN4O/c1-2-18-9-5-3-8(4-6-9)15-12-16-10(13)7-11(14)17-12/h3-7H,2H2,1H3,(H3,14,15,16,17). The molecule has 94 valence electrons. The lowest BCUT2D eigenvalue weighted by molar-refractivity contribution is 0.340. The molecule has 1 aromatic heterocycles. The first-order chi connectivity index (χ1) is 8.67. The first-order valence-electron chi connectivity index (χ1n) is 5.47. The van der Waals surface area contributed by atoms with E-state index in [4.69, 9.17) is 10.5 Å². The number of nitrogens with one attached hydrogen (secondary N) is 1. The van der Waals surface area contributed by atoms with E-state index in [2.05, 4.69) is 31.2 Å². The third-order valence-corrected chi connectivity index (χ3v) is 2.54. The van der Waals surface area contributed by atoms with Crippen LogP contribution in [0.2, 0.25) is 0 Å². The predicted octanol–water partition coefficient (Wildman–Crippen LogP) is 2.96. The van der Waals surface area contributed by atoms with Crippen LogP contribution in [0, 0.1) is 0 Å². The largest absolute Gasteiger partial charge is 0.494 e. The molecule has 18 heavy (non-hydrogen) atoms. The molecule has 0 aliphatic rings. The maximum Gasteiger partial charge on any atom is 0.230 e. The van der Waals surface area contributed by atoms with Crippen molar-refractivity contribution in [2.75, 3.05) is 17.7 Å². The highest BCUT2D eigenvalue weighted by Gasteiger charge is 2.01. The van der Waals surface area contributed by atoms with Crippen molar-refractivity contribution in [3.63, 3.8) is 0 Å². The Labute approximate surface area is 114 Å². The van der Waals surface area contributed by atoms with Crippen molar-refractivity contribution in [3.05, 3.63) is 34.9 Å². The van der Waals surface area contributed by atoms with Gasteiger partial charge in [-0.2, -0.15) is 4.98 Å². The molecule has 3 N–H and O–H groups in total. The van der Waals surface area contributed by atoms with Crippen LogP contribution in [0.1, 0.15) is 6.92 Å². The molecule has 5 nitrogen and oxygen atoms in total. The summed E-state index contributed by atoms with van der Waals surface area (Å²) in [7, 11) is 0. The number of hydrogen-bond acceptors (Lipinski definition) is 5. The summed E-state index contributed by atoms with van der Waals surface area (Å²) in [6.45, 7) is 2.60. The van der Waals surface area contributed by atoms with Gasteiger partial charge in [0.15, 0.2) is 0 Å². The zero-order valence-corrected chi connectivity index (χ0v) is 11.4. The second-order valence-corrected chi connectivity index (χ2v) is 4.33. The minimum Gasteiger partial charge on any atom is -0.494 e. The van der Waals surface area contributed by atoms with Gasteiger partial charge in [0.1, 0.15) is 16.2 Å². The van der Waals surface area contributed by atoms with Crippen LogP contribution in [0.5, 0.6) is 5.75 Å². The fourth-order valence-electron chi connectivity index (χ4n) is 1.42. The molecule has 0 unspecified atom stereocenters. The van der Waals surface area contributed by atoms with Crippen molar-refractivity contribution in [1.29, 1.82) is 0 Å². The van der Waals surface area contributed by atoms with Gasteiger partial charge in [0.2, 0.25) is 5.95 Å². The van der Waals surface area contributed by atoms with E-state index >= 15 is 0 Å². The Balaban J connectivity index is 2.13. The molecule has 1 aromatic carbocycles. The van der Waals surface area contributed by atoms with E-state index < -0.39 is 0 Å². The molecule has 1 heterocycles. The Morgan fingerprint density at radius 1 is 1.28 bits per heavy atom. The summed E-state index contributed by atoms with van der Waals surface area (Å²) in [6, 6.07) is 9.20. The monoisotopic (exact) mass is 308 g/mol. The molecule has 2 rings (SSSR count). The minimum absolute atomic E-state index is 0.408. The fourth-order valence-corrected chi connectivity index (χ4v) is 1.82. The number of nitrogens with two attached hydrogens (primary N) is 1. The SMILES string of the molecule is CCOc1ccc(Nc2nc(N)cc(Br)n2)cc1. The predicted molar refractivity (Wildman–Crippen MR) is 75.0 cm³/mol. The van der Waals surface area contributed by atoms with Crippen LogP contribution in [-0.4, -0.2) is 16.6 Å². The van der Waals surface area contributed by atoms with Gasteiger partial charge in [-0.1, -0.05) is 0 Å². The van der Waals surface area contributed by atoms with E-state index in [1.807, 2.05) is 31.2 Å². The van der Waals surface area contributed by atoms with Gasteiger partial charge in [-0.3, -0.25) is 0 Å². The lowest BCUT2D eigenvalue weighted by Gasteiger charge is -2.07. The Morgan fingerprint density at radius 3 is 2.61 bits per heavy atom. The molecule has 2 aromatic rings. The van der Waals surface area contributed by atoms with Gasteiger partial charge < -0.3 is 15.8 Å². The highest BCUT2D eigenvalue weighted by molar-refractivity contribution is 9.10. The Bertz CT molecular complexity index is 510. The number of anilines is 3. The summed E-state index contributed by atoms with van der Waals surface area (Å²) in [5, 5.41) is 3.07. The number of halogens is 1. The lowest BCUT2D eigenvalue weighted by atomic mass is 10.3. The smallest absolute Gasteiger partial charge is 0.230 e. The lowest BCUT2D eigenvalue weighted by Crippen LogP contribution is -2.00. The van der Waals surface area contributed by atoms with E-state index in [0.717, 1.165) is 11.4 Å². The van der Waals surface area contributed by atoms with Crippen molar-refractivity contribution in [2.45, 2.75) is 6.92 Å². The van der Waals surface area contributed by atoms with Crippen LogP contribution < -0.4 is 15.8 Å². The van der Waals surface area contributed by atoms with Crippen LogP contribution in [-0.2, 0) is 0 Å². The maximum atomic E-state index is 5.64. The molecule has 0 fully saturated rings. The zero-order valence-electron chi connectivity index (χ0n) is 9.85. The van der Waals surface area contributed by atoms with Gasteiger partial charge in [-0.15, -0.1) is 0 Å². The molecule has 0 aliphatic carbocycles. The Morgan fingerprint density at radius 2 is 2.00 bits per heavy atom. The highest BCUT2D eigenvalue weighted by Crippen LogP contribution is 2.20. The molecule has 0 aliphatic heterocycles. The van der Waals surface area contributed by atoms with E-state index in [1.54, 1.807) is 6.07 Å². The number of benzene rings is 1. The number of hydrogen-bond donors (Lipinski definition) is 2. The van der Waals surface area contributed by atoms with Crippen LogP contribution in [0.3, 0.4) is 0 Å². The molecule has 0 bridgehead atoms. The maximum absolute atomic E-state index is 5.64. The second kappa shape index (κ2) is 5.68. The molecule has 0 amide bonds. The van der Waals surface area contributed by atoms with Crippen LogP contribution >= 0.6 is 15.9 Å². The third kappa shape index (κ3) is 3.33. The molecule has 0 saturated heterocycles. The molecule has 0 atom stereocenters. The van der Waals surface area contributed by atoms with Gasteiger partial charge in [-0.05, 0) is 47.1 Å². The zero-order chi connectivity index (χ0) is 13.0. The Hall–Kier alpha value is -1.82. The van der Waals surface area contributed by atoms with E-state index in [1.165, 1.54) is 0 Å². The average molecular weight is 309 g/mol. The van der Waals surface area contributed by atoms with Gasteiger partial charge in [-0.25, -0.2) is 4.98 Å². The van der Waals surface area contributed by atoms with Crippen molar-refractivity contribution >= 4 is 33.4 Å². The van der Waals surface area contributed by atoms with Gasteiger partial charge in [0, 0.05) is 11.8 Å². The molecular weight excluding hydrogens is 296 g/mol. The van der Waals surface area contributed by atoms with Crippen LogP contribution in [0.4, 0.5) is 17.5 Å². The number of nitrogen functional groups attached to an aromatic ring is 1. The van der Waals surface area contributed by atoms with Crippen LogP contribution in [0.15, 0.2) is 34.9 Å². The van der Waals surface area contributed by atoms with E-state index in [-0.39, 0.29) is 0 Å². The van der Waals surface area contributed by atoms with Gasteiger partial charge >= 0.3 is 0 Å². The Kier molecular flexibility index (Phi) is 3.99. The molecule has 0 spiro atoms. The first kappa shape index (κ1) is 12.6. The van der Waals surface area contributed by atoms with Crippen LogP contribution in [0.25, 0.3) is 0 Å². The molecule has 0 radical (unpaired) electrons. The quantitative estimate of drug-likeness (QED) is 0.850. The number of ether oxygens (including phenoxy) is 1. The summed E-state index contributed by atoms with van der Waals surface area (Å²) in [5.74, 6) is 1.69. The minimum atomic E-state index is 0.408. The fraction of sp³-hybridized carbons (Fsp3) is 0.167. The van der Waals surface area contributed by atoms with Gasteiger partial charge in [0.25, 0.3) is 0 Å².